The van der Waals surface area contributed by atoms with Crippen molar-refractivity contribution in [1.82, 2.24) is 19.8 Å². The lowest BCUT2D eigenvalue weighted by Crippen LogP contribution is -2.01. The van der Waals surface area contributed by atoms with Crippen molar-refractivity contribution in [2.24, 2.45) is 0 Å². The molecule has 0 aliphatic rings. The minimum absolute atomic E-state index is 0.668. The molecule has 0 aliphatic carbocycles. The van der Waals surface area contributed by atoms with Crippen LogP contribution < -0.4 is 5.32 Å². The fourth-order valence-electron chi connectivity index (χ4n) is 1.34. The molecule has 0 unspecified atom stereocenters. The average molecular weight is 177 g/mol. The third-order valence-corrected chi connectivity index (χ3v) is 1.90. The Morgan fingerprint density at radius 1 is 1.31 bits per heavy atom. The van der Waals surface area contributed by atoms with Crippen LogP contribution in [-0.4, -0.2) is 26.9 Å². The van der Waals surface area contributed by atoms with Gasteiger partial charge in [-0.15, -0.1) is 10.2 Å². The molecule has 0 aromatic carbocycles. The largest absolute Gasteiger partial charge is 0.356 e. The van der Waals surface area contributed by atoms with Crippen molar-refractivity contribution in [2.75, 3.05) is 12.4 Å². The summed E-state index contributed by atoms with van der Waals surface area (Å²) in [4.78, 5) is 0. The van der Waals surface area contributed by atoms with Gasteiger partial charge in [-0.25, -0.2) is 0 Å². The minimum Gasteiger partial charge on any atom is -0.356 e. The van der Waals surface area contributed by atoms with Gasteiger partial charge in [0, 0.05) is 7.05 Å². The van der Waals surface area contributed by atoms with Gasteiger partial charge >= 0.3 is 0 Å². The first kappa shape index (κ1) is 7.97. The van der Waals surface area contributed by atoms with Gasteiger partial charge in [0.15, 0.2) is 5.65 Å². The Morgan fingerprint density at radius 3 is 2.77 bits per heavy atom. The van der Waals surface area contributed by atoms with E-state index in [1.165, 1.54) is 0 Å². The molecule has 0 aliphatic heterocycles. The molecular weight excluding hydrogens is 166 g/mol. The Hall–Kier alpha value is -1.65. The molecule has 0 saturated carbocycles. The van der Waals surface area contributed by atoms with E-state index in [0.717, 1.165) is 16.9 Å². The molecule has 68 valence electrons. The van der Waals surface area contributed by atoms with Crippen LogP contribution in [0.25, 0.3) is 5.65 Å². The van der Waals surface area contributed by atoms with Crippen LogP contribution >= 0.6 is 0 Å². The van der Waals surface area contributed by atoms with Gasteiger partial charge in [-0.3, -0.25) is 0 Å². The summed E-state index contributed by atoms with van der Waals surface area (Å²) >= 11 is 0. The summed E-state index contributed by atoms with van der Waals surface area (Å²) in [5, 5.41) is 15.2. The Balaban J connectivity index is 2.82. The fourth-order valence-corrected chi connectivity index (χ4v) is 1.34. The number of nitrogens with zero attached hydrogens (tertiary/aromatic N) is 4. The minimum atomic E-state index is 0.668. The van der Waals surface area contributed by atoms with Crippen molar-refractivity contribution in [2.45, 2.75) is 13.8 Å². The molecule has 5 nitrogen and oxygen atoms in total. The van der Waals surface area contributed by atoms with Gasteiger partial charge in [0.1, 0.15) is 0 Å². The van der Waals surface area contributed by atoms with E-state index in [2.05, 4.69) is 20.6 Å². The van der Waals surface area contributed by atoms with Gasteiger partial charge in [0.05, 0.1) is 5.69 Å². The van der Waals surface area contributed by atoms with E-state index in [9.17, 15) is 0 Å². The number of aromatic nitrogens is 4. The molecular formula is C8H11N5. The normalized spacial score (nSPS) is 10.7. The van der Waals surface area contributed by atoms with Gasteiger partial charge in [0.25, 0.3) is 0 Å². The van der Waals surface area contributed by atoms with Gasteiger partial charge in [0.2, 0.25) is 5.95 Å². The summed E-state index contributed by atoms with van der Waals surface area (Å²) in [7, 11) is 1.80. The summed E-state index contributed by atoms with van der Waals surface area (Å²) in [5.74, 6) is 0.668. The first-order chi connectivity index (χ1) is 6.22. The Labute approximate surface area is 75.8 Å². The lowest BCUT2D eigenvalue weighted by Gasteiger charge is -2.00. The van der Waals surface area contributed by atoms with E-state index in [1.54, 1.807) is 11.6 Å². The monoisotopic (exact) mass is 177 g/mol. The first-order valence-corrected chi connectivity index (χ1v) is 4.10. The molecule has 2 aromatic rings. The molecule has 1 N–H and O–H groups in total. The third kappa shape index (κ3) is 1.12. The zero-order valence-electron chi connectivity index (χ0n) is 7.87. The second kappa shape index (κ2) is 2.69. The van der Waals surface area contributed by atoms with Crippen molar-refractivity contribution < 1.29 is 0 Å². The predicted octanol–water partition coefficient (Wildman–Crippen LogP) is 0.783. The highest BCUT2D eigenvalue weighted by atomic mass is 15.4. The highest BCUT2D eigenvalue weighted by Crippen LogP contribution is 2.10. The second-order valence-electron chi connectivity index (χ2n) is 2.98. The van der Waals surface area contributed by atoms with Gasteiger partial charge in [-0.2, -0.15) is 9.61 Å². The lowest BCUT2D eigenvalue weighted by molar-refractivity contribution is 0.892. The van der Waals surface area contributed by atoms with Crippen LogP contribution in [0.3, 0.4) is 0 Å². The molecule has 0 radical (unpaired) electrons. The molecule has 0 spiro atoms. The Bertz CT molecular complexity index is 445. The zero-order chi connectivity index (χ0) is 9.42. The summed E-state index contributed by atoms with van der Waals surface area (Å²) < 4.78 is 1.71. The Kier molecular flexibility index (Phi) is 1.65. The highest BCUT2D eigenvalue weighted by molar-refractivity contribution is 5.49. The van der Waals surface area contributed by atoms with Gasteiger partial charge in [-0.05, 0) is 25.5 Å². The second-order valence-corrected chi connectivity index (χ2v) is 2.98. The number of hydrogen-bond acceptors (Lipinski definition) is 4. The summed E-state index contributed by atoms with van der Waals surface area (Å²) in [5.41, 5.74) is 2.85. The number of nitrogens with one attached hydrogen (secondary N) is 1. The van der Waals surface area contributed by atoms with Crippen molar-refractivity contribution >= 4 is 11.6 Å². The average Bonchev–Trinajstić information content (AvgIpc) is 2.47. The SMILES string of the molecule is CNc1nnc2c(C)cc(C)nn12. The number of rotatable bonds is 1. The molecule has 2 heterocycles. The molecule has 2 aromatic heterocycles. The zero-order valence-corrected chi connectivity index (χ0v) is 7.87. The summed E-state index contributed by atoms with van der Waals surface area (Å²) in [6.07, 6.45) is 0. The van der Waals surface area contributed by atoms with Crippen molar-refractivity contribution in [3.63, 3.8) is 0 Å². The lowest BCUT2D eigenvalue weighted by atomic mass is 10.3. The van der Waals surface area contributed by atoms with Crippen molar-refractivity contribution in [3.8, 4) is 0 Å². The van der Waals surface area contributed by atoms with Crippen molar-refractivity contribution in [3.05, 3.63) is 17.3 Å². The quantitative estimate of drug-likeness (QED) is 0.699. The fraction of sp³-hybridized carbons (Fsp3) is 0.375. The van der Waals surface area contributed by atoms with E-state index in [4.69, 9.17) is 0 Å². The van der Waals surface area contributed by atoms with Crippen molar-refractivity contribution in [1.29, 1.82) is 0 Å². The molecule has 0 fully saturated rings. The smallest absolute Gasteiger partial charge is 0.245 e. The molecule has 0 atom stereocenters. The summed E-state index contributed by atoms with van der Waals surface area (Å²) in [6.45, 7) is 3.95. The Morgan fingerprint density at radius 2 is 2.08 bits per heavy atom. The molecule has 0 amide bonds. The van der Waals surface area contributed by atoms with E-state index in [0.29, 0.717) is 5.95 Å². The van der Waals surface area contributed by atoms with Gasteiger partial charge in [-0.1, -0.05) is 0 Å². The van der Waals surface area contributed by atoms with E-state index >= 15 is 0 Å². The first-order valence-electron chi connectivity index (χ1n) is 4.10. The van der Waals surface area contributed by atoms with Crippen LogP contribution in [0.4, 0.5) is 5.95 Å². The third-order valence-electron chi connectivity index (χ3n) is 1.90. The number of aryl methyl sites for hydroxylation is 2. The maximum Gasteiger partial charge on any atom is 0.245 e. The molecule has 13 heavy (non-hydrogen) atoms. The van der Waals surface area contributed by atoms with E-state index in [1.807, 2.05) is 19.9 Å². The maximum atomic E-state index is 4.30. The predicted molar refractivity (Wildman–Crippen MR) is 49.8 cm³/mol. The number of hydrogen-bond donors (Lipinski definition) is 1. The van der Waals surface area contributed by atoms with Crippen LogP contribution in [-0.2, 0) is 0 Å². The molecule has 0 bridgehead atoms. The van der Waals surface area contributed by atoms with Crippen LogP contribution in [0.1, 0.15) is 11.3 Å². The van der Waals surface area contributed by atoms with Crippen LogP contribution in [0.5, 0.6) is 0 Å². The molecule has 0 saturated heterocycles. The highest BCUT2D eigenvalue weighted by Gasteiger charge is 2.06. The summed E-state index contributed by atoms with van der Waals surface area (Å²) in [6, 6.07) is 1.99. The molecule has 2 rings (SSSR count). The van der Waals surface area contributed by atoms with Crippen LogP contribution in [0.2, 0.25) is 0 Å². The molecule has 5 heteroatoms. The van der Waals surface area contributed by atoms with E-state index < -0.39 is 0 Å². The van der Waals surface area contributed by atoms with Gasteiger partial charge < -0.3 is 5.32 Å². The standard InChI is InChI=1S/C8H11N5/c1-5-4-6(2)12-13-7(5)10-11-8(13)9-3/h4H,1-3H3,(H,9,11). The maximum absolute atomic E-state index is 4.30. The van der Waals surface area contributed by atoms with Crippen LogP contribution in [0.15, 0.2) is 6.07 Å². The number of anilines is 1. The van der Waals surface area contributed by atoms with Crippen LogP contribution in [0, 0.1) is 13.8 Å². The number of fused-ring (bicyclic) bond motifs is 1. The topological polar surface area (TPSA) is 55.1 Å². The van der Waals surface area contributed by atoms with E-state index in [-0.39, 0.29) is 0 Å².